The van der Waals surface area contributed by atoms with Gasteiger partial charge in [-0.25, -0.2) is 0 Å². The average molecular weight is 533 g/mol. The van der Waals surface area contributed by atoms with Gasteiger partial charge in [-0.1, -0.05) is 12.1 Å². The number of nitrogens with zero attached hydrogens (tertiary/aromatic N) is 2. The average Bonchev–Trinajstić information content (AvgIpc) is 3.42. The molecule has 9 heteroatoms. The summed E-state index contributed by atoms with van der Waals surface area (Å²) in [4.78, 5) is 43.8. The summed E-state index contributed by atoms with van der Waals surface area (Å²) in [6.07, 6.45) is 1.99. The first-order valence-corrected chi connectivity index (χ1v) is 13.3. The van der Waals surface area contributed by atoms with Crippen molar-refractivity contribution in [2.24, 2.45) is 4.99 Å². The molecule has 2 N–H and O–H groups in total. The summed E-state index contributed by atoms with van der Waals surface area (Å²) in [5.74, 6) is 0.588. The minimum absolute atomic E-state index is 0.200. The van der Waals surface area contributed by atoms with Gasteiger partial charge in [0.1, 0.15) is 18.2 Å². The molecule has 39 heavy (non-hydrogen) atoms. The van der Waals surface area contributed by atoms with E-state index in [1.807, 2.05) is 24.3 Å². The summed E-state index contributed by atoms with van der Waals surface area (Å²) in [6.45, 7) is 10.0. The van der Waals surface area contributed by atoms with Crippen LogP contribution in [0.3, 0.4) is 0 Å². The maximum absolute atomic E-state index is 13.0. The second-order valence-electron chi connectivity index (χ2n) is 11.8. The Kier molecular flexibility index (Phi) is 6.64. The molecular formula is C30H36N4O5. The highest BCUT2D eigenvalue weighted by Crippen LogP contribution is 2.47. The van der Waals surface area contributed by atoms with Crippen molar-refractivity contribution in [1.82, 2.24) is 10.2 Å². The smallest absolute Gasteiger partial charge is 0.244 e. The quantitative estimate of drug-likeness (QED) is 0.594. The van der Waals surface area contributed by atoms with Crippen LogP contribution >= 0.6 is 0 Å². The molecule has 1 atom stereocenters. The Morgan fingerprint density at radius 1 is 1.21 bits per heavy atom. The van der Waals surface area contributed by atoms with E-state index in [0.717, 1.165) is 52.3 Å². The largest absolute Gasteiger partial charge is 0.493 e. The zero-order valence-corrected chi connectivity index (χ0v) is 23.4. The molecule has 1 saturated heterocycles. The Labute approximate surface area is 229 Å². The number of amides is 3. The number of anilines is 1. The van der Waals surface area contributed by atoms with E-state index in [1.54, 1.807) is 7.11 Å². The normalized spacial score (nSPS) is 20.2. The molecule has 9 nitrogen and oxygen atoms in total. The van der Waals surface area contributed by atoms with Crippen LogP contribution in [0.2, 0.25) is 0 Å². The lowest BCUT2D eigenvalue weighted by Crippen LogP contribution is -2.47. The number of carbonyl (C=O) groups is 3. The van der Waals surface area contributed by atoms with E-state index in [0.29, 0.717) is 18.7 Å². The highest BCUT2D eigenvalue weighted by Gasteiger charge is 2.40. The molecule has 2 aromatic rings. The lowest BCUT2D eigenvalue weighted by Gasteiger charge is -2.31. The van der Waals surface area contributed by atoms with Crippen LogP contribution < -0.4 is 20.1 Å². The number of rotatable bonds is 6. The summed E-state index contributed by atoms with van der Waals surface area (Å²) in [5.41, 5.74) is 4.92. The molecule has 0 aliphatic carbocycles. The molecule has 2 aromatic carbocycles. The van der Waals surface area contributed by atoms with Crippen molar-refractivity contribution in [3.63, 3.8) is 0 Å². The van der Waals surface area contributed by atoms with Gasteiger partial charge in [-0.15, -0.1) is 0 Å². The number of benzene rings is 2. The Morgan fingerprint density at radius 3 is 2.64 bits per heavy atom. The zero-order chi connectivity index (χ0) is 28.1. The maximum Gasteiger partial charge on any atom is 0.244 e. The third kappa shape index (κ3) is 5.22. The third-order valence-corrected chi connectivity index (χ3v) is 7.44. The summed E-state index contributed by atoms with van der Waals surface area (Å²) >= 11 is 0. The van der Waals surface area contributed by atoms with Crippen LogP contribution in [0.25, 0.3) is 0 Å². The van der Waals surface area contributed by atoms with Gasteiger partial charge in [0.25, 0.3) is 0 Å². The standard InChI is InChI=1S/C30H36N4O5/c1-17(35)34(22-10-11-31-28(22)37)16-24(36)32-20-9-7-8-18(12-20)26-25-19(14-29(2,3)33-26)13-23(38-6)27-21(25)15-30(4,5)39-27/h7-9,12-13,22H,10-11,14-16H2,1-6H3,(H,31,37)(H,32,36). The van der Waals surface area contributed by atoms with Gasteiger partial charge in [0.2, 0.25) is 17.7 Å². The SMILES string of the molecule is COc1cc2c(c3c1OC(C)(C)C3)C(c1cccc(NC(=O)CN(C(C)=O)C3CCNC3=O)c1)=NC(C)(C)C2. The Morgan fingerprint density at radius 2 is 1.97 bits per heavy atom. The molecule has 3 aliphatic heterocycles. The van der Waals surface area contributed by atoms with Crippen molar-refractivity contribution < 1.29 is 23.9 Å². The van der Waals surface area contributed by atoms with E-state index < -0.39 is 6.04 Å². The van der Waals surface area contributed by atoms with E-state index in [-0.39, 0.29) is 35.4 Å². The van der Waals surface area contributed by atoms with Gasteiger partial charge in [-0.2, -0.15) is 0 Å². The molecule has 0 radical (unpaired) electrons. The minimum Gasteiger partial charge on any atom is -0.493 e. The Balaban J connectivity index is 1.47. The van der Waals surface area contributed by atoms with E-state index in [2.05, 4.69) is 44.4 Å². The van der Waals surface area contributed by atoms with Gasteiger partial charge in [0, 0.05) is 42.3 Å². The molecule has 0 saturated carbocycles. The second-order valence-corrected chi connectivity index (χ2v) is 11.8. The number of methoxy groups -OCH3 is 1. The molecule has 1 unspecified atom stereocenters. The predicted molar refractivity (Wildman–Crippen MR) is 149 cm³/mol. The number of aliphatic imine (C=N–C) groups is 1. The van der Waals surface area contributed by atoms with E-state index in [1.165, 1.54) is 11.8 Å². The number of nitrogens with one attached hydrogen (secondary N) is 2. The minimum atomic E-state index is -0.625. The van der Waals surface area contributed by atoms with Crippen LogP contribution in [0.15, 0.2) is 35.3 Å². The lowest BCUT2D eigenvalue weighted by molar-refractivity contribution is -0.139. The van der Waals surface area contributed by atoms with Crippen LogP contribution in [0.4, 0.5) is 5.69 Å². The van der Waals surface area contributed by atoms with Gasteiger partial charge < -0.3 is 25.0 Å². The molecule has 1 fully saturated rings. The van der Waals surface area contributed by atoms with E-state index in [4.69, 9.17) is 14.5 Å². The number of fused-ring (bicyclic) bond motifs is 3. The number of hydrogen-bond acceptors (Lipinski definition) is 6. The van der Waals surface area contributed by atoms with Gasteiger partial charge in [-0.3, -0.25) is 19.4 Å². The predicted octanol–water partition coefficient (Wildman–Crippen LogP) is 3.26. The van der Waals surface area contributed by atoms with Gasteiger partial charge in [0.05, 0.1) is 18.4 Å². The van der Waals surface area contributed by atoms with Crippen molar-refractivity contribution >= 4 is 29.1 Å². The molecule has 3 aliphatic rings. The van der Waals surface area contributed by atoms with E-state index >= 15 is 0 Å². The first-order chi connectivity index (χ1) is 18.4. The number of ether oxygens (including phenoxy) is 2. The summed E-state index contributed by atoms with van der Waals surface area (Å²) in [6, 6.07) is 9.02. The highest BCUT2D eigenvalue weighted by atomic mass is 16.5. The monoisotopic (exact) mass is 532 g/mol. The summed E-state index contributed by atoms with van der Waals surface area (Å²) < 4.78 is 12.0. The van der Waals surface area contributed by atoms with Crippen molar-refractivity contribution in [3.05, 3.63) is 52.6 Å². The van der Waals surface area contributed by atoms with Crippen molar-refractivity contribution in [2.75, 3.05) is 25.5 Å². The van der Waals surface area contributed by atoms with Crippen LogP contribution in [0, 0.1) is 0 Å². The molecule has 3 amide bonds. The molecule has 206 valence electrons. The van der Waals surface area contributed by atoms with Crippen molar-refractivity contribution in [1.29, 1.82) is 0 Å². The molecule has 0 aromatic heterocycles. The molecule has 5 rings (SSSR count). The first kappa shape index (κ1) is 26.7. The van der Waals surface area contributed by atoms with Crippen molar-refractivity contribution in [3.8, 4) is 11.5 Å². The summed E-state index contributed by atoms with van der Waals surface area (Å²) in [5, 5.41) is 5.63. The number of hydrogen-bond donors (Lipinski definition) is 2. The van der Waals surface area contributed by atoms with Crippen LogP contribution in [0.5, 0.6) is 11.5 Å². The van der Waals surface area contributed by atoms with Crippen LogP contribution in [-0.2, 0) is 27.2 Å². The fraction of sp³-hybridized carbons (Fsp3) is 0.467. The molecule has 0 spiro atoms. The van der Waals surface area contributed by atoms with Gasteiger partial charge in [-0.05, 0) is 64.3 Å². The van der Waals surface area contributed by atoms with Crippen LogP contribution in [0.1, 0.15) is 63.3 Å². The highest BCUT2D eigenvalue weighted by molar-refractivity contribution is 6.16. The third-order valence-electron chi connectivity index (χ3n) is 7.44. The molecular weight excluding hydrogens is 496 g/mol. The number of carbonyl (C=O) groups excluding carboxylic acids is 3. The Bertz CT molecular complexity index is 1390. The van der Waals surface area contributed by atoms with E-state index in [9.17, 15) is 14.4 Å². The van der Waals surface area contributed by atoms with Crippen LogP contribution in [-0.4, -0.2) is 65.7 Å². The zero-order valence-electron chi connectivity index (χ0n) is 23.4. The lowest BCUT2D eigenvalue weighted by atomic mass is 9.81. The topological polar surface area (TPSA) is 109 Å². The summed E-state index contributed by atoms with van der Waals surface area (Å²) in [7, 11) is 1.66. The maximum atomic E-state index is 13.0. The van der Waals surface area contributed by atoms with Gasteiger partial charge in [0.15, 0.2) is 11.5 Å². The van der Waals surface area contributed by atoms with Gasteiger partial charge >= 0.3 is 0 Å². The second kappa shape index (κ2) is 9.70. The first-order valence-electron chi connectivity index (χ1n) is 13.3. The molecule has 3 heterocycles. The Hall–Kier alpha value is -3.88. The fourth-order valence-electron chi connectivity index (χ4n) is 5.85. The fourth-order valence-corrected chi connectivity index (χ4v) is 5.85. The van der Waals surface area contributed by atoms with Crippen molar-refractivity contribution in [2.45, 2.75) is 71.1 Å². The molecule has 0 bridgehead atoms.